The first-order chi connectivity index (χ1) is 13.5. The Morgan fingerprint density at radius 1 is 1.21 bits per heavy atom. The van der Waals surface area contributed by atoms with Gasteiger partial charge in [-0.15, -0.1) is 0 Å². The zero-order valence-corrected chi connectivity index (χ0v) is 20.3. The number of aliphatic hydroxyl groups excluding tert-OH is 1. The summed E-state index contributed by atoms with van der Waals surface area (Å²) in [6.07, 6.45) is 10.4. The highest BCUT2D eigenvalue weighted by atomic mass is 28.4. The van der Waals surface area contributed by atoms with Gasteiger partial charge in [-0.25, -0.2) is 0 Å². The van der Waals surface area contributed by atoms with E-state index in [1.165, 1.54) is 6.92 Å². The number of aliphatic hydroxyl groups is 1. The Morgan fingerprint density at radius 2 is 1.86 bits per heavy atom. The average Bonchev–Trinajstić information content (AvgIpc) is 2.87. The van der Waals surface area contributed by atoms with E-state index in [4.69, 9.17) is 14.3 Å². The molecule has 1 rings (SSSR count). The van der Waals surface area contributed by atoms with Crippen LogP contribution in [0.5, 0.6) is 0 Å². The first kappa shape index (κ1) is 26.1. The monoisotopic (exact) mass is 426 g/mol. The summed E-state index contributed by atoms with van der Waals surface area (Å²) in [5, 5.41) is 8.95. The number of carbonyl (C=O) groups excluding carboxylic acids is 2. The van der Waals surface area contributed by atoms with E-state index in [1.807, 2.05) is 0 Å². The van der Waals surface area contributed by atoms with Crippen molar-refractivity contribution in [3.8, 4) is 0 Å². The smallest absolute Gasteiger partial charge is 0.302 e. The van der Waals surface area contributed by atoms with Gasteiger partial charge < -0.3 is 14.3 Å². The van der Waals surface area contributed by atoms with Crippen LogP contribution in [0.15, 0.2) is 12.2 Å². The fraction of sp³-hybridized carbons (Fsp3) is 0.826. The molecule has 0 amide bonds. The van der Waals surface area contributed by atoms with Crippen LogP contribution in [0.25, 0.3) is 0 Å². The third-order valence-electron chi connectivity index (χ3n) is 6.33. The standard InChI is InChI=1S/C23H42O5Si/c1-18(25)27-16-14-19-20(13-11-9-7-8-10-12-15-24)22(17-21(19)26)28-29(5,6)23(2,3)4/h11,13,19-20,22,24H,7-10,12,14-17H2,1-6H3/t19-,20-,22-/m1/s1. The third-order valence-corrected chi connectivity index (χ3v) is 10.8. The van der Waals surface area contributed by atoms with Gasteiger partial charge in [-0.3, -0.25) is 9.59 Å². The lowest BCUT2D eigenvalue weighted by atomic mass is 9.91. The van der Waals surface area contributed by atoms with Gasteiger partial charge in [0, 0.05) is 31.8 Å². The summed E-state index contributed by atoms with van der Waals surface area (Å²) in [5.41, 5.74) is 0. The lowest BCUT2D eigenvalue weighted by Gasteiger charge is -2.39. The van der Waals surface area contributed by atoms with Gasteiger partial charge >= 0.3 is 5.97 Å². The Kier molecular flexibility index (Phi) is 10.8. The molecule has 0 aromatic heterocycles. The highest BCUT2D eigenvalue weighted by Gasteiger charge is 2.46. The van der Waals surface area contributed by atoms with Crippen molar-refractivity contribution in [3.63, 3.8) is 0 Å². The van der Waals surface area contributed by atoms with Crippen molar-refractivity contribution in [1.29, 1.82) is 0 Å². The molecule has 0 radical (unpaired) electrons. The largest absolute Gasteiger partial charge is 0.466 e. The van der Waals surface area contributed by atoms with Crippen LogP contribution in [0.1, 0.15) is 72.6 Å². The Balaban J connectivity index is 2.81. The summed E-state index contributed by atoms with van der Waals surface area (Å²) >= 11 is 0. The predicted octanol–water partition coefficient (Wildman–Crippen LogP) is 5.03. The van der Waals surface area contributed by atoms with Gasteiger partial charge in [0.15, 0.2) is 8.32 Å². The second kappa shape index (κ2) is 12.0. The molecule has 1 aliphatic rings. The number of ketones is 1. The van der Waals surface area contributed by atoms with Crippen LogP contribution in [0.2, 0.25) is 18.1 Å². The van der Waals surface area contributed by atoms with Crippen LogP contribution >= 0.6 is 0 Å². The zero-order chi connectivity index (χ0) is 22.1. The number of hydrogen-bond donors (Lipinski definition) is 1. The number of rotatable bonds is 12. The molecule has 0 saturated heterocycles. The number of ether oxygens (including phenoxy) is 1. The summed E-state index contributed by atoms with van der Waals surface area (Å²) in [5.74, 6) is -0.183. The molecule has 0 aliphatic heterocycles. The topological polar surface area (TPSA) is 72.8 Å². The summed E-state index contributed by atoms with van der Waals surface area (Å²) in [4.78, 5) is 23.9. The SMILES string of the molecule is CC(=O)OCC[C@H]1C(=O)C[C@@H](O[Si](C)(C)C(C)(C)C)[C@@H]1C=CCCCCCCO. The highest BCUT2D eigenvalue weighted by molar-refractivity contribution is 6.74. The molecule has 1 saturated carbocycles. The van der Waals surface area contributed by atoms with Crippen molar-refractivity contribution >= 4 is 20.1 Å². The van der Waals surface area contributed by atoms with Crippen molar-refractivity contribution in [3.05, 3.63) is 12.2 Å². The molecule has 0 aromatic rings. The Labute approximate surface area is 178 Å². The molecule has 5 nitrogen and oxygen atoms in total. The van der Waals surface area contributed by atoms with E-state index < -0.39 is 8.32 Å². The molecule has 0 spiro atoms. The third kappa shape index (κ3) is 8.73. The van der Waals surface area contributed by atoms with Crippen LogP contribution in [-0.2, 0) is 18.8 Å². The molecule has 3 atom stereocenters. The minimum Gasteiger partial charge on any atom is -0.466 e. The van der Waals surface area contributed by atoms with Crippen LogP contribution in [0.3, 0.4) is 0 Å². The maximum Gasteiger partial charge on any atom is 0.302 e. The van der Waals surface area contributed by atoms with Crippen molar-refractivity contribution in [1.82, 2.24) is 0 Å². The first-order valence-corrected chi connectivity index (χ1v) is 14.0. The van der Waals surface area contributed by atoms with Gasteiger partial charge in [-0.1, -0.05) is 45.8 Å². The van der Waals surface area contributed by atoms with E-state index in [0.717, 1.165) is 32.1 Å². The second-order valence-electron chi connectivity index (χ2n) is 9.75. The van der Waals surface area contributed by atoms with E-state index in [9.17, 15) is 9.59 Å². The Bertz CT molecular complexity index is 550. The first-order valence-electron chi connectivity index (χ1n) is 11.1. The number of carbonyl (C=O) groups is 2. The van der Waals surface area contributed by atoms with Crippen LogP contribution in [-0.4, -0.2) is 44.5 Å². The average molecular weight is 427 g/mol. The summed E-state index contributed by atoms with van der Waals surface area (Å²) in [7, 11) is -1.98. The number of unbranched alkanes of at least 4 members (excludes halogenated alkanes) is 4. The molecule has 1 aliphatic carbocycles. The van der Waals surface area contributed by atoms with Crippen LogP contribution < -0.4 is 0 Å². The lowest BCUT2D eigenvalue weighted by Crippen LogP contribution is -2.45. The van der Waals surface area contributed by atoms with Crippen molar-refractivity contribution in [2.24, 2.45) is 11.8 Å². The molecule has 29 heavy (non-hydrogen) atoms. The summed E-state index contributed by atoms with van der Waals surface area (Å²) in [6.45, 7) is 13.0. The number of hydrogen-bond acceptors (Lipinski definition) is 5. The minimum atomic E-state index is -1.98. The van der Waals surface area contributed by atoms with E-state index in [0.29, 0.717) is 12.8 Å². The summed E-state index contributed by atoms with van der Waals surface area (Å²) < 4.78 is 11.7. The van der Waals surface area contributed by atoms with E-state index in [1.54, 1.807) is 0 Å². The molecule has 0 heterocycles. The molecule has 168 valence electrons. The van der Waals surface area contributed by atoms with Crippen molar-refractivity contribution in [2.75, 3.05) is 13.2 Å². The lowest BCUT2D eigenvalue weighted by molar-refractivity contribution is -0.142. The van der Waals surface area contributed by atoms with Crippen molar-refractivity contribution in [2.45, 2.75) is 96.9 Å². The van der Waals surface area contributed by atoms with Gasteiger partial charge in [-0.05, 0) is 43.8 Å². The minimum absolute atomic E-state index is 0.0459. The fourth-order valence-corrected chi connectivity index (χ4v) is 4.91. The Hall–Kier alpha value is -0.983. The predicted molar refractivity (Wildman–Crippen MR) is 119 cm³/mol. The molecule has 0 aromatic carbocycles. The molecular weight excluding hydrogens is 384 g/mol. The molecular formula is C23H42O5Si. The normalized spacial score (nSPS) is 23.1. The fourth-order valence-electron chi connectivity index (χ4n) is 3.56. The molecule has 0 bridgehead atoms. The van der Waals surface area contributed by atoms with Gasteiger partial charge in [0.05, 0.1) is 12.7 Å². The highest BCUT2D eigenvalue weighted by Crippen LogP contribution is 2.42. The van der Waals surface area contributed by atoms with Gasteiger partial charge in [-0.2, -0.15) is 0 Å². The quantitative estimate of drug-likeness (QED) is 0.205. The maximum atomic E-state index is 12.8. The van der Waals surface area contributed by atoms with Crippen molar-refractivity contribution < 1.29 is 23.9 Å². The molecule has 6 heteroatoms. The second-order valence-corrected chi connectivity index (χ2v) is 14.5. The molecule has 0 unspecified atom stereocenters. The number of Topliss-reactive ketones (excluding diaryl/α,β-unsaturated/α-hetero) is 1. The van der Waals surface area contributed by atoms with Gasteiger partial charge in [0.2, 0.25) is 0 Å². The van der Waals surface area contributed by atoms with E-state index in [-0.39, 0.29) is 47.9 Å². The van der Waals surface area contributed by atoms with E-state index in [2.05, 4.69) is 46.0 Å². The van der Waals surface area contributed by atoms with E-state index >= 15 is 0 Å². The van der Waals surface area contributed by atoms with Crippen LogP contribution in [0, 0.1) is 11.8 Å². The maximum absolute atomic E-state index is 12.8. The van der Waals surface area contributed by atoms with Gasteiger partial charge in [0.1, 0.15) is 5.78 Å². The zero-order valence-electron chi connectivity index (χ0n) is 19.3. The Morgan fingerprint density at radius 3 is 2.45 bits per heavy atom. The number of esters is 1. The number of allylic oxidation sites excluding steroid dienone is 1. The molecule has 1 N–H and O–H groups in total. The van der Waals surface area contributed by atoms with Gasteiger partial charge in [0.25, 0.3) is 0 Å². The molecule has 1 fully saturated rings. The van der Waals surface area contributed by atoms with Crippen LogP contribution in [0.4, 0.5) is 0 Å². The summed E-state index contributed by atoms with van der Waals surface area (Å²) in [6, 6.07) is 0.